The van der Waals surface area contributed by atoms with Crippen LogP contribution in [0.15, 0.2) is 54.6 Å². The molecule has 0 radical (unpaired) electrons. The highest BCUT2D eigenvalue weighted by molar-refractivity contribution is 5.94. The number of benzene rings is 2. The number of carbonyl (C=O) groups excluding carboxylic acids is 1. The van der Waals surface area contributed by atoms with E-state index in [0.717, 1.165) is 25.1 Å². The van der Waals surface area contributed by atoms with Gasteiger partial charge in [0.1, 0.15) is 0 Å². The molecule has 5 nitrogen and oxygen atoms in total. The van der Waals surface area contributed by atoms with Crippen LogP contribution in [-0.2, 0) is 11.2 Å². The third-order valence-corrected chi connectivity index (χ3v) is 4.99. The summed E-state index contributed by atoms with van der Waals surface area (Å²) in [6.45, 7) is 6.39. The van der Waals surface area contributed by atoms with Crippen molar-refractivity contribution in [2.45, 2.75) is 38.4 Å². The Balaban J connectivity index is 1.48. The number of anilines is 1. The Morgan fingerprint density at radius 2 is 1.89 bits per heavy atom. The second kappa shape index (κ2) is 9.22. The van der Waals surface area contributed by atoms with Gasteiger partial charge in [-0.05, 0) is 56.5 Å². The number of ether oxygens (including phenoxy) is 1. The molecule has 150 valence electrons. The van der Waals surface area contributed by atoms with Gasteiger partial charge in [0.15, 0.2) is 0 Å². The van der Waals surface area contributed by atoms with E-state index >= 15 is 0 Å². The van der Waals surface area contributed by atoms with Crippen LogP contribution in [0.5, 0.6) is 0 Å². The lowest BCUT2D eigenvalue weighted by atomic mass is 9.98. The average Bonchev–Trinajstić information content (AvgIpc) is 2.71. The van der Waals surface area contributed by atoms with Gasteiger partial charge in [0.05, 0.1) is 18.3 Å². The first kappa shape index (κ1) is 20.4. The van der Waals surface area contributed by atoms with Crippen molar-refractivity contribution in [2.24, 2.45) is 0 Å². The van der Waals surface area contributed by atoms with Gasteiger partial charge in [0.25, 0.3) is 5.91 Å². The molecule has 28 heavy (non-hydrogen) atoms. The van der Waals surface area contributed by atoms with E-state index in [1.807, 2.05) is 42.5 Å². The van der Waals surface area contributed by atoms with E-state index in [2.05, 4.69) is 22.3 Å². The summed E-state index contributed by atoms with van der Waals surface area (Å²) in [6.07, 6.45) is 1.45. The molecule has 0 saturated carbocycles. The highest BCUT2D eigenvalue weighted by Crippen LogP contribution is 2.17. The van der Waals surface area contributed by atoms with Gasteiger partial charge in [0.2, 0.25) is 0 Å². The first-order valence-electron chi connectivity index (χ1n) is 9.92. The van der Waals surface area contributed by atoms with Crippen molar-refractivity contribution in [2.75, 3.05) is 31.1 Å². The van der Waals surface area contributed by atoms with Crippen LogP contribution in [0.3, 0.4) is 0 Å². The number of nitrogens with zero attached hydrogens (tertiary/aromatic N) is 1. The lowest BCUT2D eigenvalue weighted by Gasteiger charge is -2.34. The number of hydrogen-bond acceptors (Lipinski definition) is 4. The molecule has 0 unspecified atom stereocenters. The summed E-state index contributed by atoms with van der Waals surface area (Å²) >= 11 is 0. The summed E-state index contributed by atoms with van der Waals surface area (Å²) in [6, 6.07) is 17.9. The minimum absolute atomic E-state index is 0.0241. The molecule has 1 fully saturated rings. The van der Waals surface area contributed by atoms with Gasteiger partial charge in [0, 0.05) is 30.9 Å². The highest BCUT2D eigenvalue weighted by atomic mass is 16.5. The van der Waals surface area contributed by atoms with Crippen molar-refractivity contribution in [1.29, 1.82) is 0 Å². The average molecular weight is 383 g/mol. The largest absolute Gasteiger partial charge is 0.390 e. The Bertz CT molecular complexity index is 754. The van der Waals surface area contributed by atoms with Gasteiger partial charge >= 0.3 is 0 Å². The molecule has 5 heteroatoms. The molecule has 2 aromatic carbocycles. The van der Waals surface area contributed by atoms with Gasteiger partial charge in [-0.2, -0.15) is 0 Å². The minimum atomic E-state index is -0.677. The molecule has 1 atom stereocenters. The van der Waals surface area contributed by atoms with Crippen molar-refractivity contribution in [1.82, 2.24) is 5.32 Å². The van der Waals surface area contributed by atoms with Gasteiger partial charge in [-0.1, -0.05) is 30.3 Å². The lowest BCUT2D eigenvalue weighted by Crippen LogP contribution is -2.47. The van der Waals surface area contributed by atoms with Crippen LogP contribution in [0.4, 0.5) is 5.69 Å². The third kappa shape index (κ3) is 6.08. The maximum Gasteiger partial charge on any atom is 0.251 e. The maximum absolute atomic E-state index is 12.4. The highest BCUT2D eigenvalue weighted by Gasteiger charge is 2.21. The molecule has 2 aromatic rings. The molecule has 3 rings (SSSR count). The molecule has 2 N–H and O–H groups in total. The molecule has 1 aliphatic heterocycles. The van der Waals surface area contributed by atoms with Crippen LogP contribution >= 0.6 is 0 Å². The zero-order valence-corrected chi connectivity index (χ0v) is 16.7. The zero-order chi connectivity index (χ0) is 20.0. The Morgan fingerprint density at radius 3 is 2.57 bits per heavy atom. The molecule has 1 aliphatic rings. The smallest absolute Gasteiger partial charge is 0.251 e. The summed E-state index contributed by atoms with van der Waals surface area (Å²) in [5, 5.41) is 12.8. The van der Waals surface area contributed by atoms with Crippen molar-refractivity contribution in [3.05, 3.63) is 65.7 Å². The molecule has 0 bridgehead atoms. The summed E-state index contributed by atoms with van der Waals surface area (Å²) in [4.78, 5) is 14.7. The quantitative estimate of drug-likeness (QED) is 0.773. The van der Waals surface area contributed by atoms with Crippen LogP contribution in [0.1, 0.15) is 36.2 Å². The van der Waals surface area contributed by atoms with Crippen molar-refractivity contribution in [3.8, 4) is 0 Å². The molecule has 0 aromatic heterocycles. The van der Waals surface area contributed by atoms with E-state index in [1.54, 1.807) is 13.8 Å². The van der Waals surface area contributed by atoms with Crippen LogP contribution in [-0.4, -0.2) is 49.0 Å². The molecule has 0 aliphatic carbocycles. The van der Waals surface area contributed by atoms with Crippen molar-refractivity contribution >= 4 is 11.6 Å². The summed E-state index contributed by atoms with van der Waals surface area (Å²) in [7, 11) is 0. The van der Waals surface area contributed by atoms with Gasteiger partial charge in [-0.3, -0.25) is 4.79 Å². The number of morpholine rings is 1. The van der Waals surface area contributed by atoms with Crippen LogP contribution in [0, 0.1) is 0 Å². The third-order valence-electron chi connectivity index (χ3n) is 4.99. The second-order valence-corrected chi connectivity index (χ2v) is 7.99. The standard InChI is InChI=1S/C23H30N2O3/c1-23(2,27)13-12-18-8-10-19(11-9-18)22(26)24-16-21-17-25(14-15-28-21)20-6-4-3-5-7-20/h3-11,21,27H,12-17H2,1-2H3,(H,24,26)/t21-/m0/s1. The van der Waals surface area contributed by atoms with Crippen molar-refractivity contribution in [3.63, 3.8) is 0 Å². The predicted molar refractivity (Wildman–Crippen MR) is 112 cm³/mol. The number of nitrogens with one attached hydrogen (secondary N) is 1. The second-order valence-electron chi connectivity index (χ2n) is 7.99. The van der Waals surface area contributed by atoms with E-state index in [1.165, 1.54) is 5.69 Å². The normalized spacial score (nSPS) is 17.4. The number of aryl methyl sites for hydroxylation is 1. The lowest BCUT2D eigenvalue weighted by molar-refractivity contribution is 0.0397. The topological polar surface area (TPSA) is 61.8 Å². The SMILES string of the molecule is CC(C)(O)CCc1ccc(C(=O)NC[C@H]2CN(c3ccccc3)CCO2)cc1. The minimum Gasteiger partial charge on any atom is -0.390 e. The monoisotopic (exact) mass is 382 g/mol. The number of amides is 1. The Morgan fingerprint density at radius 1 is 1.18 bits per heavy atom. The fourth-order valence-electron chi connectivity index (χ4n) is 3.30. The number of rotatable bonds is 7. The van der Waals surface area contributed by atoms with E-state index < -0.39 is 5.60 Å². The Labute approximate surface area is 167 Å². The first-order chi connectivity index (χ1) is 13.4. The van der Waals surface area contributed by atoms with E-state index in [9.17, 15) is 9.90 Å². The molecule has 1 saturated heterocycles. The number of hydrogen-bond donors (Lipinski definition) is 2. The number of aliphatic hydroxyl groups is 1. The number of carbonyl (C=O) groups is 1. The fraction of sp³-hybridized carbons (Fsp3) is 0.435. The Kier molecular flexibility index (Phi) is 6.70. The molecular weight excluding hydrogens is 352 g/mol. The fourth-order valence-corrected chi connectivity index (χ4v) is 3.30. The van der Waals surface area contributed by atoms with E-state index in [0.29, 0.717) is 25.1 Å². The van der Waals surface area contributed by atoms with Crippen molar-refractivity contribution < 1.29 is 14.6 Å². The van der Waals surface area contributed by atoms with Gasteiger partial charge in [-0.25, -0.2) is 0 Å². The zero-order valence-electron chi connectivity index (χ0n) is 16.7. The summed E-state index contributed by atoms with van der Waals surface area (Å²) in [5.74, 6) is -0.0885. The first-order valence-corrected chi connectivity index (χ1v) is 9.92. The summed E-state index contributed by atoms with van der Waals surface area (Å²) in [5.41, 5.74) is 2.27. The van der Waals surface area contributed by atoms with E-state index in [-0.39, 0.29) is 12.0 Å². The molecular formula is C23H30N2O3. The molecule has 1 amide bonds. The maximum atomic E-state index is 12.4. The Hall–Kier alpha value is -2.37. The molecule has 0 spiro atoms. The molecule has 1 heterocycles. The van der Waals surface area contributed by atoms with Gasteiger partial charge in [-0.15, -0.1) is 0 Å². The van der Waals surface area contributed by atoms with Gasteiger partial charge < -0.3 is 20.1 Å². The van der Waals surface area contributed by atoms with Crippen LogP contribution in [0.25, 0.3) is 0 Å². The van der Waals surface area contributed by atoms with E-state index in [4.69, 9.17) is 4.74 Å². The van der Waals surface area contributed by atoms with Crippen LogP contribution < -0.4 is 10.2 Å². The number of para-hydroxylation sites is 1. The summed E-state index contributed by atoms with van der Waals surface area (Å²) < 4.78 is 5.82. The predicted octanol–water partition coefficient (Wildman–Crippen LogP) is 3.03. The van der Waals surface area contributed by atoms with Crippen LogP contribution in [0.2, 0.25) is 0 Å².